The molecule has 0 unspecified atom stereocenters. The van der Waals surface area contributed by atoms with Gasteiger partial charge >= 0.3 is 0 Å². The van der Waals surface area contributed by atoms with Gasteiger partial charge in [-0.15, -0.1) is 0 Å². The quantitative estimate of drug-likeness (QED) is 0.807. The molecule has 0 bridgehead atoms. The number of hydrogen-bond donors (Lipinski definition) is 1. The van der Waals surface area contributed by atoms with E-state index in [4.69, 9.17) is 4.74 Å². The highest BCUT2D eigenvalue weighted by atomic mass is 16.5. The average Bonchev–Trinajstić information content (AvgIpc) is 3.12. The Kier molecular flexibility index (Phi) is 7.09. The molecule has 0 spiro atoms. The fourth-order valence-electron chi connectivity index (χ4n) is 4.39. The topological polar surface area (TPSA) is 41.6 Å². The number of benzene rings is 1. The maximum absolute atomic E-state index is 12.0. The molecule has 26 heavy (non-hydrogen) atoms. The first kappa shape index (κ1) is 19.4. The van der Waals surface area contributed by atoms with Crippen LogP contribution >= 0.6 is 0 Å². The molecule has 0 aromatic heterocycles. The van der Waals surface area contributed by atoms with Crippen molar-refractivity contribution in [3.63, 3.8) is 0 Å². The van der Waals surface area contributed by atoms with E-state index in [1.165, 1.54) is 30.6 Å². The largest absolute Gasteiger partial charge is 0.378 e. The summed E-state index contributed by atoms with van der Waals surface area (Å²) < 4.78 is 5.57. The van der Waals surface area contributed by atoms with Crippen molar-refractivity contribution in [2.75, 3.05) is 19.7 Å². The summed E-state index contributed by atoms with van der Waals surface area (Å²) >= 11 is 0. The SMILES string of the molecule is C[C@@H]1C[C@@H](C)CN(Cc2ccc(CNC(=O)CC[C@@H]3CCCO3)cc2)C1. The highest BCUT2D eigenvalue weighted by molar-refractivity contribution is 5.75. The minimum atomic E-state index is 0.126. The second kappa shape index (κ2) is 9.52. The van der Waals surface area contributed by atoms with Crippen LogP contribution in [0.5, 0.6) is 0 Å². The summed E-state index contributed by atoms with van der Waals surface area (Å²) in [6.07, 6.45) is 5.28. The molecular formula is C22H34N2O2. The zero-order valence-electron chi connectivity index (χ0n) is 16.4. The van der Waals surface area contributed by atoms with Crippen molar-refractivity contribution in [2.24, 2.45) is 11.8 Å². The van der Waals surface area contributed by atoms with Crippen molar-refractivity contribution in [3.05, 3.63) is 35.4 Å². The first-order valence-electron chi connectivity index (χ1n) is 10.3. The van der Waals surface area contributed by atoms with E-state index >= 15 is 0 Å². The predicted molar refractivity (Wildman–Crippen MR) is 105 cm³/mol. The van der Waals surface area contributed by atoms with Crippen molar-refractivity contribution >= 4 is 5.91 Å². The summed E-state index contributed by atoms with van der Waals surface area (Å²) in [7, 11) is 0. The lowest BCUT2D eigenvalue weighted by Crippen LogP contribution is -2.38. The Hall–Kier alpha value is -1.39. The third kappa shape index (κ3) is 6.10. The van der Waals surface area contributed by atoms with Gasteiger partial charge in [-0.05, 0) is 48.6 Å². The van der Waals surface area contributed by atoms with E-state index in [0.29, 0.717) is 19.1 Å². The van der Waals surface area contributed by atoms with Gasteiger partial charge in [0.25, 0.3) is 0 Å². The standard InChI is InChI=1S/C22H34N2O2/c1-17-12-18(2)15-24(14-17)16-20-7-5-19(6-8-20)13-23-22(25)10-9-21-4-3-11-26-21/h5-8,17-18,21H,3-4,9-16H2,1-2H3,(H,23,25)/t17-,18-,21+/m1/s1. The van der Waals surface area contributed by atoms with Crippen molar-refractivity contribution < 1.29 is 9.53 Å². The molecule has 1 aromatic carbocycles. The maximum atomic E-state index is 12.0. The summed E-state index contributed by atoms with van der Waals surface area (Å²) in [6, 6.07) is 8.70. The Labute approximate surface area is 158 Å². The van der Waals surface area contributed by atoms with Crippen molar-refractivity contribution in [1.82, 2.24) is 10.2 Å². The average molecular weight is 359 g/mol. The number of amides is 1. The molecule has 4 heteroatoms. The van der Waals surface area contributed by atoms with E-state index in [1.54, 1.807) is 0 Å². The van der Waals surface area contributed by atoms with Crippen LogP contribution in [-0.2, 0) is 22.6 Å². The summed E-state index contributed by atoms with van der Waals surface area (Å²) in [5.41, 5.74) is 2.53. The van der Waals surface area contributed by atoms with Crippen LogP contribution in [0.4, 0.5) is 0 Å². The van der Waals surface area contributed by atoms with Gasteiger partial charge in [-0.1, -0.05) is 38.1 Å². The number of rotatable bonds is 7. The van der Waals surface area contributed by atoms with Gasteiger partial charge in [-0.25, -0.2) is 0 Å². The molecule has 2 aliphatic heterocycles. The molecule has 1 N–H and O–H groups in total. The minimum Gasteiger partial charge on any atom is -0.378 e. The van der Waals surface area contributed by atoms with E-state index in [2.05, 4.69) is 48.3 Å². The Bertz CT molecular complexity index is 556. The van der Waals surface area contributed by atoms with Crippen LogP contribution in [0.2, 0.25) is 0 Å². The van der Waals surface area contributed by atoms with Crippen LogP contribution in [0.3, 0.4) is 0 Å². The Morgan fingerprint density at radius 1 is 1.15 bits per heavy atom. The monoisotopic (exact) mass is 358 g/mol. The molecule has 0 aliphatic carbocycles. The van der Waals surface area contributed by atoms with Gasteiger partial charge in [-0.3, -0.25) is 9.69 Å². The zero-order valence-corrected chi connectivity index (χ0v) is 16.4. The van der Waals surface area contributed by atoms with E-state index in [0.717, 1.165) is 44.2 Å². The highest BCUT2D eigenvalue weighted by Crippen LogP contribution is 2.22. The molecule has 2 fully saturated rings. The number of likely N-dealkylation sites (tertiary alicyclic amines) is 1. The second-order valence-electron chi connectivity index (χ2n) is 8.41. The van der Waals surface area contributed by atoms with Crippen LogP contribution < -0.4 is 5.32 Å². The van der Waals surface area contributed by atoms with E-state index < -0.39 is 0 Å². The van der Waals surface area contributed by atoms with Crippen molar-refractivity contribution in [2.45, 2.75) is 65.1 Å². The first-order valence-corrected chi connectivity index (χ1v) is 10.3. The van der Waals surface area contributed by atoms with Gasteiger partial charge in [0.15, 0.2) is 0 Å². The number of hydrogen-bond acceptors (Lipinski definition) is 3. The molecule has 1 aromatic rings. The molecule has 2 saturated heterocycles. The summed E-state index contributed by atoms with van der Waals surface area (Å²) in [4.78, 5) is 14.6. The summed E-state index contributed by atoms with van der Waals surface area (Å²) in [5.74, 6) is 1.71. The molecule has 2 heterocycles. The first-order chi connectivity index (χ1) is 12.6. The lowest BCUT2D eigenvalue weighted by molar-refractivity contribution is -0.121. The molecular weight excluding hydrogens is 324 g/mol. The van der Waals surface area contributed by atoms with Gasteiger partial charge in [0.05, 0.1) is 6.10 Å². The number of carbonyl (C=O) groups is 1. The molecule has 3 rings (SSSR count). The van der Waals surface area contributed by atoms with Gasteiger partial charge < -0.3 is 10.1 Å². The third-order valence-electron chi connectivity index (χ3n) is 5.58. The van der Waals surface area contributed by atoms with Crippen LogP contribution in [0, 0.1) is 11.8 Å². The zero-order chi connectivity index (χ0) is 18.4. The van der Waals surface area contributed by atoms with E-state index in [-0.39, 0.29) is 5.91 Å². The molecule has 4 nitrogen and oxygen atoms in total. The van der Waals surface area contributed by atoms with Crippen LogP contribution in [0.25, 0.3) is 0 Å². The molecule has 0 saturated carbocycles. The van der Waals surface area contributed by atoms with Crippen molar-refractivity contribution in [3.8, 4) is 0 Å². The molecule has 144 valence electrons. The van der Waals surface area contributed by atoms with Gasteiger partial charge in [-0.2, -0.15) is 0 Å². The van der Waals surface area contributed by atoms with Crippen molar-refractivity contribution in [1.29, 1.82) is 0 Å². The molecule has 3 atom stereocenters. The molecule has 2 aliphatic rings. The minimum absolute atomic E-state index is 0.126. The van der Waals surface area contributed by atoms with E-state index in [9.17, 15) is 4.79 Å². The maximum Gasteiger partial charge on any atom is 0.220 e. The number of ether oxygens (including phenoxy) is 1. The van der Waals surface area contributed by atoms with Gasteiger partial charge in [0.2, 0.25) is 5.91 Å². The van der Waals surface area contributed by atoms with E-state index in [1.807, 2.05) is 0 Å². The lowest BCUT2D eigenvalue weighted by atomic mass is 9.91. The van der Waals surface area contributed by atoms with Crippen LogP contribution in [-0.4, -0.2) is 36.6 Å². The number of carbonyl (C=O) groups excluding carboxylic acids is 1. The normalized spacial score (nSPS) is 26.8. The third-order valence-corrected chi connectivity index (χ3v) is 5.58. The van der Waals surface area contributed by atoms with Gasteiger partial charge in [0, 0.05) is 39.2 Å². The molecule has 1 amide bonds. The predicted octanol–water partition coefficient (Wildman–Crippen LogP) is 3.74. The second-order valence-corrected chi connectivity index (χ2v) is 8.41. The fraction of sp³-hybridized carbons (Fsp3) is 0.682. The Balaban J connectivity index is 1.39. The number of nitrogens with one attached hydrogen (secondary N) is 1. The van der Waals surface area contributed by atoms with Crippen LogP contribution in [0.15, 0.2) is 24.3 Å². The molecule has 0 radical (unpaired) electrons. The lowest BCUT2D eigenvalue weighted by Gasteiger charge is -2.35. The number of piperidine rings is 1. The Morgan fingerprint density at radius 2 is 1.85 bits per heavy atom. The van der Waals surface area contributed by atoms with Gasteiger partial charge in [0.1, 0.15) is 0 Å². The number of nitrogens with zero attached hydrogens (tertiary/aromatic N) is 1. The highest BCUT2D eigenvalue weighted by Gasteiger charge is 2.21. The smallest absolute Gasteiger partial charge is 0.220 e. The summed E-state index contributed by atoms with van der Waals surface area (Å²) in [5, 5.41) is 3.03. The van der Waals surface area contributed by atoms with Crippen LogP contribution in [0.1, 0.15) is 57.1 Å². The Morgan fingerprint density at radius 3 is 2.50 bits per heavy atom. The fourth-order valence-corrected chi connectivity index (χ4v) is 4.39. The summed E-state index contributed by atoms with van der Waals surface area (Å²) in [6.45, 7) is 9.61.